The molecule has 0 radical (unpaired) electrons. The highest BCUT2D eigenvalue weighted by atomic mass is 32.1. The molecule has 26 heavy (non-hydrogen) atoms. The molecule has 0 saturated carbocycles. The first-order valence-electron chi connectivity index (χ1n) is 8.05. The SMILES string of the molecule is O=C(Nc1ccc(OC(F)(F)F)cc1)N1CCN(Cc2cccs2)CC1. The molecular weight excluding hydrogens is 367 g/mol. The number of nitrogens with zero attached hydrogens (tertiary/aromatic N) is 2. The molecule has 0 unspecified atom stereocenters. The summed E-state index contributed by atoms with van der Waals surface area (Å²) < 4.78 is 40.2. The van der Waals surface area contributed by atoms with E-state index in [1.807, 2.05) is 11.4 Å². The summed E-state index contributed by atoms with van der Waals surface area (Å²) in [7, 11) is 0. The average Bonchev–Trinajstić information content (AvgIpc) is 3.09. The van der Waals surface area contributed by atoms with Gasteiger partial charge in [0.2, 0.25) is 0 Å². The largest absolute Gasteiger partial charge is 0.573 e. The number of halogens is 3. The van der Waals surface area contributed by atoms with E-state index >= 15 is 0 Å². The lowest BCUT2D eigenvalue weighted by atomic mass is 10.3. The number of benzene rings is 1. The normalized spacial score (nSPS) is 15.7. The Morgan fingerprint density at radius 3 is 2.38 bits per heavy atom. The van der Waals surface area contributed by atoms with Crippen molar-refractivity contribution >= 4 is 23.1 Å². The number of amides is 2. The zero-order valence-electron chi connectivity index (χ0n) is 13.8. The topological polar surface area (TPSA) is 44.8 Å². The zero-order valence-corrected chi connectivity index (χ0v) is 14.6. The number of carbonyl (C=O) groups is 1. The van der Waals surface area contributed by atoms with Crippen LogP contribution in [0.3, 0.4) is 0 Å². The lowest BCUT2D eigenvalue weighted by Crippen LogP contribution is -2.49. The van der Waals surface area contributed by atoms with Crippen LogP contribution in [0.4, 0.5) is 23.7 Å². The molecule has 3 rings (SSSR count). The number of carbonyl (C=O) groups excluding carboxylic acids is 1. The number of nitrogens with one attached hydrogen (secondary N) is 1. The van der Waals surface area contributed by atoms with Gasteiger partial charge in [-0.25, -0.2) is 4.79 Å². The van der Waals surface area contributed by atoms with Crippen molar-refractivity contribution in [3.8, 4) is 5.75 Å². The highest BCUT2D eigenvalue weighted by Gasteiger charge is 2.31. The summed E-state index contributed by atoms with van der Waals surface area (Å²) in [5.41, 5.74) is 0.422. The standard InChI is InChI=1S/C17H18F3N3O2S/c18-17(19,20)25-14-5-3-13(4-6-14)21-16(24)23-9-7-22(8-10-23)12-15-2-1-11-26-15/h1-6,11H,7-10,12H2,(H,21,24). The molecule has 2 aromatic rings. The van der Waals surface area contributed by atoms with Gasteiger partial charge < -0.3 is 15.0 Å². The number of alkyl halides is 3. The van der Waals surface area contributed by atoms with Gasteiger partial charge in [0.05, 0.1) is 0 Å². The third-order valence-electron chi connectivity index (χ3n) is 3.96. The van der Waals surface area contributed by atoms with Crippen LogP contribution in [0.1, 0.15) is 4.88 Å². The van der Waals surface area contributed by atoms with Crippen LogP contribution >= 0.6 is 11.3 Å². The van der Waals surface area contributed by atoms with Crippen molar-refractivity contribution < 1.29 is 22.7 Å². The molecule has 9 heteroatoms. The molecule has 5 nitrogen and oxygen atoms in total. The van der Waals surface area contributed by atoms with E-state index in [1.54, 1.807) is 16.2 Å². The number of anilines is 1. The molecule has 1 aliphatic rings. The van der Waals surface area contributed by atoms with Crippen LogP contribution in [0.5, 0.6) is 5.75 Å². The number of urea groups is 1. The fraction of sp³-hybridized carbons (Fsp3) is 0.353. The number of ether oxygens (including phenoxy) is 1. The summed E-state index contributed by atoms with van der Waals surface area (Å²) in [6.07, 6.45) is -4.73. The molecule has 1 saturated heterocycles. The molecule has 1 aromatic heterocycles. The molecule has 1 fully saturated rings. The fourth-order valence-corrected chi connectivity index (χ4v) is 3.42. The van der Waals surface area contributed by atoms with E-state index in [0.29, 0.717) is 18.8 Å². The van der Waals surface area contributed by atoms with Crippen LogP contribution in [0.2, 0.25) is 0 Å². The maximum atomic E-state index is 12.3. The van der Waals surface area contributed by atoms with Crippen LogP contribution in [-0.2, 0) is 6.54 Å². The Morgan fingerprint density at radius 2 is 1.81 bits per heavy atom. The van der Waals surface area contributed by atoms with Gasteiger partial charge in [0, 0.05) is 43.3 Å². The van der Waals surface area contributed by atoms with E-state index in [-0.39, 0.29) is 11.8 Å². The Morgan fingerprint density at radius 1 is 1.12 bits per heavy atom. The molecule has 0 atom stereocenters. The minimum atomic E-state index is -4.73. The number of rotatable bonds is 4. The lowest BCUT2D eigenvalue weighted by molar-refractivity contribution is -0.274. The maximum absolute atomic E-state index is 12.3. The number of hydrogen-bond donors (Lipinski definition) is 1. The van der Waals surface area contributed by atoms with Crippen LogP contribution in [-0.4, -0.2) is 48.4 Å². The summed E-state index contributed by atoms with van der Waals surface area (Å²) >= 11 is 1.71. The van der Waals surface area contributed by atoms with Crippen LogP contribution in [0, 0.1) is 0 Å². The van der Waals surface area contributed by atoms with Crippen molar-refractivity contribution in [2.24, 2.45) is 0 Å². The molecule has 2 amide bonds. The Labute approximate surface area is 153 Å². The first-order valence-corrected chi connectivity index (χ1v) is 8.93. The predicted molar refractivity (Wildman–Crippen MR) is 93.3 cm³/mol. The van der Waals surface area contributed by atoms with E-state index in [0.717, 1.165) is 19.6 Å². The van der Waals surface area contributed by atoms with Gasteiger partial charge in [0.1, 0.15) is 5.75 Å². The van der Waals surface area contributed by atoms with E-state index < -0.39 is 6.36 Å². The van der Waals surface area contributed by atoms with Crippen molar-refractivity contribution in [1.29, 1.82) is 0 Å². The minimum absolute atomic E-state index is 0.259. The molecule has 1 aliphatic heterocycles. The summed E-state index contributed by atoms with van der Waals surface area (Å²) in [6, 6.07) is 8.96. The number of hydrogen-bond acceptors (Lipinski definition) is 4. The molecule has 0 bridgehead atoms. The third-order valence-corrected chi connectivity index (χ3v) is 4.82. The summed E-state index contributed by atoms with van der Waals surface area (Å²) in [5, 5.41) is 4.74. The van der Waals surface area contributed by atoms with Gasteiger partial charge in [-0.15, -0.1) is 24.5 Å². The molecule has 140 valence electrons. The van der Waals surface area contributed by atoms with Crippen LogP contribution in [0.25, 0.3) is 0 Å². The lowest BCUT2D eigenvalue weighted by Gasteiger charge is -2.34. The van der Waals surface area contributed by atoms with Gasteiger partial charge >= 0.3 is 12.4 Å². The highest BCUT2D eigenvalue weighted by molar-refractivity contribution is 7.09. The Bertz CT molecular complexity index is 712. The van der Waals surface area contributed by atoms with Crippen molar-refractivity contribution in [2.45, 2.75) is 12.9 Å². The van der Waals surface area contributed by atoms with Crippen molar-refractivity contribution in [3.63, 3.8) is 0 Å². The van der Waals surface area contributed by atoms with Gasteiger partial charge in [0.15, 0.2) is 0 Å². The van der Waals surface area contributed by atoms with Gasteiger partial charge in [-0.05, 0) is 35.7 Å². The Kier molecular flexibility index (Phi) is 5.67. The van der Waals surface area contributed by atoms with Gasteiger partial charge in [0.25, 0.3) is 0 Å². The predicted octanol–water partition coefficient (Wildman–Crippen LogP) is 4.00. The third kappa shape index (κ3) is 5.37. The van der Waals surface area contributed by atoms with Gasteiger partial charge in [-0.1, -0.05) is 6.07 Å². The van der Waals surface area contributed by atoms with E-state index in [1.165, 1.54) is 29.1 Å². The summed E-state index contributed by atoms with van der Waals surface area (Å²) in [4.78, 5) is 17.6. The van der Waals surface area contributed by atoms with E-state index in [4.69, 9.17) is 0 Å². The molecular formula is C17H18F3N3O2S. The summed E-state index contributed by atoms with van der Waals surface area (Å²) in [5.74, 6) is -0.322. The second-order valence-corrected chi connectivity index (χ2v) is 6.88. The van der Waals surface area contributed by atoms with Crippen molar-refractivity contribution in [3.05, 3.63) is 46.7 Å². The van der Waals surface area contributed by atoms with E-state index in [9.17, 15) is 18.0 Å². The van der Waals surface area contributed by atoms with E-state index in [2.05, 4.69) is 21.0 Å². The fourth-order valence-electron chi connectivity index (χ4n) is 2.67. The number of thiophene rings is 1. The molecule has 1 N–H and O–H groups in total. The smallest absolute Gasteiger partial charge is 0.406 e. The molecule has 0 aliphatic carbocycles. The monoisotopic (exact) mass is 385 g/mol. The molecule has 2 heterocycles. The van der Waals surface area contributed by atoms with Gasteiger partial charge in [-0.2, -0.15) is 0 Å². The minimum Gasteiger partial charge on any atom is -0.406 e. The highest BCUT2D eigenvalue weighted by Crippen LogP contribution is 2.24. The van der Waals surface area contributed by atoms with Gasteiger partial charge in [-0.3, -0.25) is 4.90 Å². The maximum Gasteiger partial charge on any atom is 0.573 e. The summed E-state index contributed by atoms with van der Waals surface area (Å²) in [6.45, 7) is 3.65. The molecule has 1 aromatic carbocycles. The first kappa shape index (κ1) is 18.5. The quantitative estimate of drug-likeness (QED) is 0.865. The molecule has 0 spiro atoms. The first-order chi connectivity index (χ1) is 12.4. The zero-order chi connectivity index (χ0) is 18.6. The average molecular weight is 385 g/mol. The van der Waals surface area contributed by atoms with Crippen molar-refractivity contribution in [2.75, 3.05) is 31.5 Å². The number of piperazine rings is 1. The van der Waals surface area contributed by atoms with Crippen LogP contribution in [0.15, 0.2) is 41.8 Å². The van der Waals surface area contributed by atoms with Crippen LogP contribution < -0.4 is 10.1 Å². The Balaban J connectivity index is 1.46. The second-order valence-electron chi connectivity index (χ2n) is 5.84. The van der Waals surface area contributed by atoms with Crippen molar-refractivity contribution in [1.82, 2.24) is 9.80 Å². The Hall–Kier alpha value is -2.26. The second kappa shape index (κ2) is 7.96.